The molecule has 1 aromatic rings. The van der Waals surface area contributed by atoms with Crippen LogP contribution in [0.25, 0.3) is 0 Å². The highest BCUT2D eigenvalue weighted by molar-refractivity contribution is 5.77. The molecule has 106 valence electrons. The molecular formula is C15H21F2NO. The molecule has 1 rings (SSSR count). The standard InChI is InChI=1S/C15H21F2NO/c1-10(11-6-7-12(16)13(17)8-11)18(5)14(19)9-15(2,3)4/h6-8,10H,9H2,1-5H3. The van der Waals surface area contributed by atoms with Gasteiger partial charge in [-0.15, -0.1) is 0 Å². The fraction of sp³-hybridized carbons (Fsp3) is 0.533. The van der Waals surface area contributed by atoms with Crippen LogP contribution in [0, 0.1) is 17.0 Å². The van der Waals surface area contributed by atoms with Crippen LogP contribution >= 0.6 is 0 Å². The quantitative estimate of drug-likeness (QED) is 0.814. The van der Waals surface area contributed by atoms with Crippen molar-refractivity contribution >= 4 is 5.91 Å². The lowest BCUT2D eigenvalue weighted by atomic mass is 9.91. The molecule has 0 spiro atoms. The molecule has 0 fully saturated rings. The average Bonchev–Trinajstić information content (AvgIpc) is 2.28. The highest BCUT2D eigenvalue weighted by Crippen LogP contribution is 2.25. The summed E-state index contributed by atoms with van der Waals surface area (Å²) in [5.41, 5.74) is 0.489. The van der Waals surface area contributed by atoms with Crippen LogP contribution in [0.2, 0.25) is 0 Å². The minimum absolute atomic E-state index is 0.00951. The van der Waals surface area contributed by atoms with Crippen molar-refractivity contribution in [2.45, 2.75) is 40.2 Å². The van der Waals surface area contributed by atoms with E-state index in [-0.39, 0.29) is 17.4 Å². The van der Waals surface area contributed by atoms with Gasteiger partial charge in [-0.05, 0) is 30.0 Å². The first-order valence-electron chi connectivity index (χ1n) is 6.32. The van der Waals surface area contributed by atoms with Gasteiger partial charge in [-0.25, -0.2) is 8.78 Å². The number of benzene rings is 1. The first kappa shape index (κ1) is 15.6. The monoisotopic (exact) mass is 269 g/mol. The molecule has 0 radical (unpaired) electrons. The molecule has 1 unspecified atom stereocenters. The van der Waals surface area contributed by atoms with E-state index in [2.05, 4.69) is 0 Å². The number of nitrogens with zero attached hydrogens (tertiary/aromatic N) is 1. The Hall–Kier alpha value is -1.45. The van der Waals surface area contributed by atoms with Crippen molar-refractivity contribution in [2.24, 2.45) is 5.41 Å². The zero-order valence-corrected chi connectivity index (χ0v) is 12.1. The third-order valence-electron chi connectivity index (χ3n) is 3.08. The first-order chi connectivity index (χ1) is 8.61. The number of carbonyl (C=O) groups is 1. The molecule has 0 aliphatic heterocycles. The number of halogens is 2. The van der Waals surface area contributed by atoms with Gasteiger partial charge in [-0.2, -0.15) is 0 Å². The van der Waals surface area contributed by atoms with Gasteiger partial charge in [0.2, 0.25) is 5.91 Å². The van der Waals surface area contributed by atoms with E-state index >= 15 is 0 Å². The summed E-state index contributed by atoms with van der Waals surface area (Å²) in [4.78, 5) is 13.7. The third-order valence-corrected chi connectivity index (χ3v) is 3.08. The molecule has 0 aliphatic rings. The Morgan fingerprint density at radius 2 is 1.84 bits per heavy atom. The molecule has 1 atom stereocenters. The maximum Gasteiger partial charge on any atom is 0.223 e. The van der Waals surface area contributed by atoms with Gasteiger partial charge in [0.05, 0.1) is 6.04 Å². The topological polar surface area (TPSA) is 20.3 Å². The van der Waals surface area contributed by atoms with Crippen molar-refractivity contribution in [3.05, 3.63) is 35.4 Å². The second-order valence-corrected chi connectivity index (χ2v) is 6.09. The molecule has 0 saturated carbocycles. The molecule has 2 nitrogen and oxygen atoms in total. The van der Waals surface area contributed by atoms with E-state index in [0.717, 1.165) is 12.1 Å². The minimum Gasteiger partial charge on any atom is -0.339 e. The summed E-state index contributed by atoms with van der Waals surface area (Å²) in [6.07, 6.45) is 0.414. The first-order valence-corrected chi connectivity index (χ1v) is 6.32. The number of hydrogen-bond donors (Lipinski definition) is 0. The van der Waals surface area contributed by atoms with Crippen molar-refractivity contribution in [1.82, 2.24) is 4.90 Å². The largest absolute Gasteiger partial charge is 0.339 e. The molecule has 0 heterocycles. The Labute approximate surface area is 113 Å². The molecular weight excluding hydrogens is 248 g/mol. The Kier molecular flexibility index (Phi) is 4.66. The lowest BCUT2D eigenvalue weighted by Crippen LogP contribution is -2.32. The Balaban J connectivity index is 2.84. The van der Waals surface area contributed by atoms with E-state index in [9.17, 15) is 13.6 Å². The highest BCUT2D eigenvalue weighted by Gasteiger charge is 2.23. The van der Waals surface area contributed by atoms with Gasteiger partial charge in [0.25, 0.3) is 0 Å². The molecule has 0 aliphatic carbocycles. The van der Waals surface area contributed by atoms with Crippen molar-refractivity contribution < 1.29 is 13.6 Å². The van der Waals surface area contributed by atoms with Crippen molar-refractivity contribution in [1.29, 1.82) is 0 Å². The molecule has 0 bridgehead atoms. The summed E-state index contributed by atoms with van der Waals surface area (Å²) < 4.78 is 26.1. The molecule has 0 aromatic heterocycles. The van der Waals surface area contributed by atoms with E-state index in [0.29, 0.717) is 12.0 Å². The normalized spacial score (nSPS) is 13.2. The van der Waals surface area contributed by atoms with Crippen LogP contribution in [0.15, 0.2) is 18.2 Å². The third kappa shape index (κ3) is 4.30. The zero-order chi connectivity index (χ0) is 14.8. The van der Waals surface area contributed by atoms with Gasteiger partial charge in [-0.1, -0.05) is 26.8 Å². The number of rotatable bonds is 3. The van der Waals surface area contributed by atoms with E-state index < -0.39 is 11.6 Å². The van der Waals surface area contributed by atoms with Crippen LogP contribution in [-0.2, 0) is 4.79 Å². The number of hydrogen-bond acceptors (Lipinski definition) is 1. The van der Waals surface area contributed by atoms with Crippen LogP contribution in [0.4, 0.5) is 8.78 Å². The lowest BCUT2D eigenvalue weighted by Gasteiger charge is -2.28. The fourth-order valence-electron chi connectivity index (χ4n) is 1.79. The van der Waals surface area contributed by atoms with E-state index in [1.54, 1.807) is 18.9 Å². The molecule has 0 saturated heterocycles. The Morgan fingerprint density at radius 3 is 2.32 bits per heavy atom. The summed E-state index contributed by atoms with van der Waals surface area (Å²) in [6.45, 7) is 7.76. The van der Waals surface area contributed by atoms with Crippen molar-refractivity contribution in [3.8, 4) is 0 Å². The van der Waals surface area contributed by atoms with Crippen LogP contribution in [0.3, 0.4) is 0 Å². The number of carbonyl (C=O) groups excluding carboxylic acids is 1. The van der Waals surface area contributed by atoms with Gasteiger partial charge in [-0.3, -0.25) is 4.79 Å². The molecule has 0 N–H and O–H groups in total. The van der Waals surface area contributed by atoms with Gasteiger partial charge in [0.15, 0.2) is 11.6 Å². The van der Waals surface area contributed by atoms with E-state index in [4.69, 9.17) is 0 Å². The average molecular weight is 269 g/mol. The number of amides is 1. The molecule has 1 amide bonds. The predicted octanol–water partition coefficient (Wildman–Crippen LogP) is 3.92. The Morgan fingerprint density at radius 1 is 1.26 bits per heavy atom. The van der Waals surface area contributed by atoms with Gasteiger partial charge < -0.3 is 4.90 Å². The summed E-state index contributed by atoms with van der Waals surface area (Å²) in [6, 6.07) is 3.44. The smallest absolute Gasteiger partial charge is 0.223 e. The highest BCUT2D eigenvalue weighted by atomic mass is 19.2. The molecule has 4 heteroatoms. The predicted molar refractivity (Wildman–Crippen MR) is 71.6 cm³/mol. The van der Waals surface area contributed by atoms with Crippen LogP contribution in [-0.4, -0.2) is 17.9 Å². The summed E-state index contributed by atoms with van der Waals surface area (Å²) in [5.74, 6) is -1.77. The van der Waals surface area contributed by atoms with Gasteiger partial charge in [0, 0.05) is 13.5 Å². The molecule has 1 aromatic carbocycles. The SMILES string of the molecule is CC(c1ccc(F)c(F)c1)N(C)C(=O)CC(C)(C)C. The summed E-state index contributed by atoms with van der Waals surface area (Å²) in [5, 5.41) is 0. The van der Waals surface area contributed by atoms with E-state index in [1.165, 1.54) is 6.07 Å². The summed E-state index contributed by atoms with van der Waals surface area (Å²) >= 11 is 0. The fourth-order valence-corrected chi connectivity index (χ4v) is 1.79. The molecule has 19 heavy (non-hydrogen) atoms. The van der Waals surface area contributed by atoms with Gasteiger partial charge in [0.1, 0.15) is 0 Å². The Bertz CT molecular complexity index is 466. The second-order valence-electron chi connectivity index (χ2n) is 6.09. The van der Waals surface area contributed by atoms with Crippen molar-refractivity contribution in [2.75, 3.05) is 7.05 Å². The maximum atomic E-state index is 13.2. The second kappa shape index (κ2) is 5.68. The van der Waals surface area contributed by atoms with Gasteiger partial charge >= 0.3 is 0 Å². The van der Waals surface area contributed by atoms with Crippen LogP contribution in [0.5, 0.6) is 0 Å². The van der Waals surface area contributed by atoms with Crippen LogP contribution in [0.1, 0.15) is 45.7 Å². The zero-order valence-electron chi connectivity index (χ0n) is 12.1. The maximum absolute atomic E-state index is 13.2. The van der Waals surface area contributed by atoms with E-state index in [1.807, 2.05) is 20.8 Å². The summed E-state index contributed by atoms with van der Waals surface area (Å²) in [7, 11) is 1.68. The lowest BCUT2D eigenvalue weighted by molar-refractivity contribution is -0.133. The van der Waals surface area contributed by atoms with Crippen LogP contribution < -0.4 is 0 Å². The minimum atomic E-state index is -0.888. The van der Waals surface area contributed by atoms with Crippen molar-refractivity contribution in [3.63, 3.8) is 0 Å².